The smallest absolute Gasteiger partial charge is 0.322 e. The van der Waals surface area contributed by atoms with E-state index >= 15 is 0 Å². The van der Waals surface area contributed by atoms with Gasteiger partial charge in [0, 0.05) is 26.8 Å². The molecule has 2 aromatic carbocycles. The highest BCUT2D eigenvalue weighted by atomic mass is 16.5. The van der Waals surface area contributed by atoms with Crippen LogP contribution in [0.2, 0.25) is 0 Å². The number of nitrogens with zero attached hydrogens (tertiary/aromatic N) is 2. The number of carbonyl (C=O) groups excluding carboxylic acids is 3. The highest BCUT2D eigenvalue weighted by Gasteiger charge is 2.46. The lowest BCUT2D eigenvalue weighted by Gasteiger charge is -2.33. The predicted molar refractivity (Wildman–Crippen MR) is 148 cm³/mol. The van der Waals surface area contributed by atoms with Crippen molar-refractivity contribution in [2.24, 2.45) is 5.92 Å². The zero-order chi connectivity index (χ0) is 27.9. The number of carbonyl (C=O) groups is 3. The number of rotatable bonds is 12. The van der Waals surface area contributed by atoms with Crippen LogP contribution >= 0.6 is 0 Å². The molecule has 39 heavy (non-hydrogen) atoms. The maximum atomic E-state index is 14.0. The number of likely N-dealkylation sites (N-methyl/N-ethyl adjacent to an activating group) is 1. The number of nitrogens with one attached hydrogen (secondary N) is 2. The van der Waals surface area contributed by atoms with Crippen molar-refractivity contribution in [3.05, 3.63) is 71.4 Å². The van der Waals surface area contributed by atoms with Gasteiger partial charge >= 0.3 is 6.03 Å². The molecular weight excluding hydrogens is 496 g/mol. The Balaban J connectivity index is 1.63. The first-order valence-electron chi connectivity index (χ1n) is 13.6. The summed E-state index contributed by atoms with van der Waals surface area (Å²) in [5, 5.41) is 5.98. The number of para-hydroxylation sites is 1. The molecule has 0 aliphatic carbocycles. The summed E-state index contributed by atoms with van der Waals surface area (Å²) < 4.78 is 11.1. The zero-order valence-electron chi connectivity index (χ0n) is 23.1. The van der Waals surface area contributed by atoms with E-state index < -0.39 is 12.1 Å². The molecule has 2 atom stereocenters. The molecule has 2 aliphatic rings. The van der Waals surface area contributed by atoms with Gasteiger partial charge in [0.05, 0.1) is 23.9 Å². The zero-order valence-corrected chi connectivity index (χ0v) is 23.1. The number of urea groups is 1. The van der Waals surface area contributed by atoms with E-state index in [0.717, 1.165) is 5.56 Å². The Kier molecular flexibility index (Phi) is 9.24. The molecule has 0 unspecified atom stereocenters. The summed E-state index contributed by atoms with van der Waals surface area (Å²) in [4.78, 5) is 43.7. The van der Waals surface area contributed by atoms with Crippen LogP contribution in [0.5, 0.6) is 11.5 Å². The summed E-state index contributed by atoms with van der Waals surface area (Å²) in [7, 11) is 1.62. The minimum absolute atomic E-state index is 0.190. The molecule has 0 saturated heterocycles. The van der Waals surface area contributed by atoms with Crippen LogP contribution in [0.1, 0.15) is 45.2 Å². The first-order chi connectivity index (χ1) is 18.8. The Morgan fingerprint density at radius 2 is 1.85 bits per heavy atom. The van der Waals surface area contributed by atoms with Crippen LogP contribution in [-0.4, -0.2) is 67.0 Å². The van der Waals surface area contributed by atoms with Gasteiger partial charge in [-0.3, -0.25) is 14.5 Å². The van der Waals surface area contributed by atoms with Crippen LogP contribution in [0.4, 0.5) is 4.79 Å². The Hall–Kier alpha value is -3.85. The largest absolute Gasteiger partial charge is 0.457 e. The molecule has 9 heteroatoms. The summed E-state index contributed by atoms with van der Waals surface area (Å²) in [6, 6.07) is 15.3. The molecule has 0 aromatic heterocycles. The van der Waals surface area contributed by atoms with Gasteiger partial charge in [-0.25, -0.2) is 4.79 Å². The number of amides is 4. The molecule has 0 bridgehead atoms. The Labute approximate surface area is 230 Å². The van der Waals surface area contributed by atoms with Crippen molar-refractivity contribution in [3.63, 3.8) is 0 Å². The maximum absolute atomic E-state index is 14.0. The molecule has 0 saturated carbocycles. The molecule has 9 nitrogen and oxygen atoms in total. The fourth-order valence-electron chi connectivity index (χ4n) is 5.10. The molecule has 2 heterocycles. The van der Waals surface area contributed by atoms with E-state index in [0.29, 0.717) is 55.3 Å². The molecular formula is C30H38N4O5. The van der Waals surface area contributed by atoms with E-state index in [4.69, 9.17) is 9.47 Å². The fraction of sp³-hybridized carbons (Fsp3) is 0.433. The summed E-state index contributed by atoms with van der Waals surface area (Å²) >= 11 is 0. The van der Waals surface area contributed by atoms with Crippen molar-refractivity contribution in [2.45, 2.75) is 45.7 Å². The molecule has 0 fully saturated rings. The van der Waals surface area contributed by atoms with Gasteiger partial charge in [-0.05, 0) is 55.5 Å². The quantitative estimate of drug-likeness (QED) is 0.397. The molecule has 0 spiro atoms. The highest BCUT2D eigenvalue weighted by molar-refractivity contribution is 6.03. The van der Waals surface area contributed by atoms with Crippen molar-refractivity contribution in [1.82, 2.24) is 20.4 Å². The van der Waals surface area contributed by atoms with E-state index in [1.54, 1.807) is 16.9 Å². The predicted octanol–water partition coefficient (Wildman–Crippen LogP) is 4.23. The topological polar surface area (TPSA) is 100 Å². The summed E-state index contributed by atoms with van der Waals surface area (Å²) in [5.74, 6) is 1.06. The Morgan fingerprint density at radius 1 is 1.10 bits per heavy atom. The second kappa shape index (κ2) is 12.8. The summed E-state index contributed by atoms with van der Waals surface area (Å²) in [6.45, 7) is 7.56. The number of hydrogen-bond acceptors (Lipinski definition) is 5. The second-order valence-electron chi connectivity index (χ2n) is 10.2. The van der Waals surface area contributed by atoms with Crippen LogP contribution in [0.15, 0.2) is 65.9 Å². The van der Waals surface area contributed by atoms with Crippen molar-refractivity contribution in [2.75, 3.05) is 33.4 Å². The average Bonchev–Trinajstić information content (AvgIpc) is 3.26. The fourth-order valence-corrected chi connectivity index (χ4v) is 5.10. The van der Waals surface area contributed by atoms with Crippen LogP contribution < -0.4 is 15.4 Å². The molecule has 2 N–H and O–H groups in total. The molecule has 4 amide bonds. The monoisotopic (exact) mass is 534 g/mol. The van der Waals surface area contributed by atoms with Gasteiger partial charge in [0.2, 0.25) is 5.91 Å². The molecule has 2 aromatic rings. The molecule has 0 radical (unpaired) electrons. The third-order valence-corrected chi connectivity index (χ3v) is 6.93. The van der Waals surface area contributed by atoms with E-state index in [1.165, 1.54) is 0 Å². The van der Waals surface area contributed by atoms with E-state index in [-0.39, 0.29) is 30.3 Å². The van der Waals surface area contributed by atoms with Gasteiger partial charge in [0.25, 0.3) is 5.91 Å². The number of benzene rings is 2. The Bertz CT molecular complexity index is 1210. The minimum Gasteiger partial charge on any atom is -0.457 e. The van der Waals surface area contributed by atoms with Crippen LogP contribution in [0.25, 0.3) is 0 Å². The summed E-state index contributed by atoms with van der Waals surface area (Å²) in [6.07, 6.45) is 1.20. The van der Waals surface area contributed by atoms with Crippen molar-refractivity contribution < 1.29 is 23.9 Å². The van der Waals surface area contributed by atoms with E-state index in [2.05, 4.69) is 10.6 Å². The SMILES string of the molecule is CCN1C(=O)N[C@H](c2cccc(Oc3ccccc3)c2)C2=C1CN([C@@H](CC(C)C)C(=O)NCCCOC)C2=O. The van der Waals surface area contributed by atoms with Crippen LogP contribution in [-0.2, 0) is 14.3 Å². The average molecular weight is 535 g/mol. The highest BCUT2D eigenvalue weighted by Crippen LogP contribution is 2.38. The Morgan fingerprint density at radius 3 is 2.54 bits per heavy atom. The van der Waals surface area contributed by atoms with Gasteiger partial charge in [-0.15, -0.1) is 0 Å². The second-order valence-corrected chi connectivity index (χ2v) is 10.2. The number of hydrogen-bond donors (Lipinski definition) is 2. The number of ether oxygens (including phenoxy) is 2. The van der Waals surface area contributed by atoms with E-state index in [9.17, 15) is 14.4 Å². The van der Waals surface area contributed by atoms with Crippen molar-refractivity contribution in [3.8, 4) is 11.5 Å². The third kappa shape index (κ3) is 6.42. The van der Waals surface area contributed by atoms with Crippen LogP contribution in [0, 0.1) is 5.92 Å². The molecule has 208 valence electrons. The van der Waals surface area contributed by atoms with Gasteiger partial charge in [-0.2, -0.15) is 0 Å². The third-order valence-electron chi connectivity index (χ3n) is 6.93. The molecule has 2 aliphatic heterocycles. The van der Waals surface area contributed by atoms with Crippen molar-refractivity contribution in [1.29, 1.82) is 0 Å². The lowest BCUT2D eigenvalue weighted by Crippen LogP contribution is -2.49. The van der Waals surface area contributed by atoms with Crippen LogP contribution in [0.3, 0.4) is 0 Å². The van der Waals surface area contributed by atoms with E-state index in [1.807, 2.05) is 75.4 Å². The minimum atomic E-state index is -0.656. The first-order valence-corrected chi connectivity index (χ1v) is 13.6. The lowest BCUT2D eigenvalue weighted by molar-refractivity contribution is -0.137. The standard InChI is InChI=1S/C30H38N4O5/c1-5-33-25-19-34(24(17-20(2)3)28(35)31-15-10-16-38-4)29(36)26(25)27(32-30(33)37)21-11-9-14-23(18-21)39-22-12-7-6-8-13-22/h6-9,11-14,18,20,24,27H,5,10,15-17,19H2,1-4H3,(H,31,35)(H,32,37)/t24-,27+/m0/s1. The van der Waals surface area contributed by atoms with Gasteiger partial charge in [0.15, 0.2) is 0 Å². The van der Waals surface area contributed by atoms with Crippen molar-refractivity contribution >= 4 is 17.8 Å². The van der Waals surface area contributed by atoms with Gasteiger partial charge < -0.3 is 25.0 Å². The molecule has 4 rings (SSSR count). The first kappa shape index (κ1) is 28.2. The maximum Gasteiger partial charge on any atom is 0.322 e. The number of methoxy groups -OCH3 is 1. The lowest BCUT2D eigenvalue weighted by atomic mass is 9.95. The summed E-state index contributed by atoms with van der Waals surface area (Å²) in [5.41, 5.74) is 1.88. The van der Waals surface area contributed by atoms with Gasteiger partial charge in [0.1, 0.15) is 17.5 Å². The van der Waals surface area contributed by atoms with Gasteiger partial charge in [-0.1, -0.05) is 44.2 Å². The normalized spacial score (nSPS) is 17.8.